The summed E-state index contributed by atoms with van der Waals surface area (Å²) in [5.74, 6) is 1.08. The molecule has 0 amide bonds. The van der Waals surface area contributed by atoms with Crippen molar-refractivity contribution in [2.45, 2.75) is 58.4 Å². The molecule has 0 aliphatic carbocycles. The van der Waals surface area contributed by atoms with Crippen LogP contribution in [0.5, 0.6) is 0 Å². The smallest absolute Gasteiger partial charge is 0.138 e. The Labute approximate surface area is 105 Å². The van der Waals surface area contributed by atoms with Gasteiger partial charge in [-0.05, 0) is 13.0 Å². The molecule has 0 bridgehead atoms. The van der Waals surface area contributed by atoms with Gasteiger partial charge in [-0.15, -0.1) is 0 Å². The van der Waals surface area contributed by atoms with Crippen LogP contribution in [-0.2, 0) is 13.5 Å². The summed E-state index contributed by atoms with van der Waals surface area (Å²) in [6.45, 7) is 5.44. The van der Waals surface area contributed by atoms with Crippen LogP contribution in [0.4, 0.5) is 0 Å². The average Bonchev–Trinajstić information content (AvgIpc) is 2.71. The first kappa shape index (κ1) is 14.2. The van der Waals surface area contributed by atoms with E-state index in [1.807, 2.05) is 11.7 Å². The second kappa shape index (κ2) is 8.23. The molecule has 0 saturated carbocycles. The van der Waals surface area contributed by atoms with E-state index in [-0.39, 0.29) is 0 Å². The molecule has 1 rings (SSSR count). The molecule has 0 saturated heterocycles. The van der Waals surface area contributed by atoms with E-state index in [9.17, 15) is 0 Å². The lowest BCUT2D eigenvalue weighted by atomic mass is 10.0. The molecule has 0 aliphatic rings. The third-order valence-corrected chi connectivity index (χ3v) is 3.13. The molecule has 0 fully saturated rings. The average molecular weight is 238 g/mol. The molecule has 0 spiro atoms. The number of aryl methyl sites for hydroxylation is 1. The summed E-state index contributed by atoms with van der Waals surface area (Å²) in [5.41, 5.74) is 0. The third-order valence-electron chi connectivity index (χ3n) is 3.13. The Kier molecular flexibility index (Phi) is 6.86. The van der Waals surface area contributed by atoms with Crippen LogP contribution in [0.3, 0.4) is 0 Å². The fraction of sp³-hybridized carbons (Fsp3) is 0.846. The number of nitrogens with zero attached hydrogens (tertiary/aromatic N) is 3. The molecule has 1 atom stereocenters. The van der Waals surface area contributed by atoms with Gasteiger partial charge in [0, 0.05) is 19.5 Å². The zero-order valence-corrected chi connectivity index (χ0v) is 11.4. The number of nitrogens with one attached hydrogen (secondary N) is 1. The zero-order valence-electron chi connectivity index (χ0n) is 11.4. The van der Waals surface area contributed by atoms with E-state index in [4.69, 9.17) is 0 Å². The standard InChI is InChI=1S/C13H26N4/c1-4-6-7-8-9-12(14-5-2)10-13-15-11-16-17(13)3/h11-12,14H,4-10H2,1-3H3. The molecule has 4 heteroatoms. The fourth-order valence-corrected chi connectivity index (χ4v) is 2.11. The van der Waals surface area contributed by atoms with Gasteiger partial charge in [-0.1, -0.05) is 39.5 Å². The molecule has 0 aliphatic heterocycles. The largest absolute Gasteiger partial charge is 0.314 e. The van der Waals surface area contributed by atoms with Gasteiger partial charge in [-0.25, -0.2) is 4.98 Å². The van der Waals surface area contributed by atoms with Gasteiger partial charge in [-0.3, -0.25) is 4.68 Å². The number of hydrogen-bond acceptors (Lipinski definition) is 3. The summed E-state index contributed by atoms with van der Waals surface area (Å²) in [6.07, 6.45) is 9.16. The summed E-state index contributed by atoms with van der Waals surface area (Å²) in [4.78, 5) is 4.29. The predicted molar refractivity (Wildman–Crippen MR) is 70.9 cm³/mol. The maximum atomic E-state index is 4.29. The molecule has 4 nitrogen and oxygen atoms in total. The fourth-order valence-electron chi connectivity index (χ4n) is 2.11. The van der Waals surface area contributed by atoms with Crippen molar-refractivity contribution in [2.24, 2.45) is 7.05 Å². The van der Waals surface area contributed by atoms with E-state index < -0.39 is 0 Å². The van der Waals surface area contributed by atoms with E-state index in [0.29, 0.717) is 6.04 Å². The van der Waals surface area contributed by atoms with Crippen LogP contribution in [0.15, 0.2) is 6.33 Å². The molecule has 1 N–H and O–H groups in total. The molecule has 1 aromatic heterocycles. The summed E-state index contributed by atoms with van der Waals surface area (Å²) < 4.78 is 1.87. The molecule has 1 unspecified atom stereocenters. The number of hydrogen-bond donors (Lipinski definition) is 1. The lowest BCUT2D eigenvalue weighted by molar-refractivity contribution is 0.449. The highest BCUT2D eigenvalue weighted by Gasteiger charge is 2.11. The van der Waals surface area contributed by atoms with Crippen LogP contribution in [0, 0.1) is 0 Å². The molecule has 0 aromatic carbocycles. The Morgan fingerprint density at radius 1 is 1.29 bits per heavy atom. The van der Waals surface area contributed by atoms with Gasteiger partial charge in [0.05, 0.1) is 0 Å². The van der Waals surface area contributed by atoms with Crippen LogP contribution in [-0.4, -0.2) is 27.4 Å². The summed E-state index contributed by atoms with van der Waals surface area (Å²) >= 11 is 0. The quantitative estimate of drug-likeness (QED) is 0.671. The van der Waals surface area contributed by atoms with E-state index in [0.717, 1.165) is 18.8 Å². The molecule has 98 valence electrons. The Balaban J connectivity index is 2.35. The van der Waals surface area contributed by atoms with Gasteiger partial charge < -0.3 is 5.32 Å². The summed E-state index contributed by atoms with van der Waals surface area (Å²) in [5, 5.41) is 7.66. The number of rotatable bonds is 9. The number of aromatic nitrogens is 3. The first-order valence-electron chi connectivity index (χ1n) is 6.84. The highest BCUT2D eigenvalue weighted by molar-refractivity contribution is 4.88. The minimum Gasteiger partial charge on any atom is -0.314 e. The van der Waals surface area contributed by atoms with Crippen LogP contribution < -0.4 is 5.32 Å². The molecule has 1 aromatic rings. The maximum Gasteiger partial charge on any atom is 0.138 e. The highest BCUT2D eigenvalue weighted by Crippen LogP contribution is 2.09. The molecule has 0 radical (unpaired) electrons. The second-order valence-corrected chi connectivity index (χ2v) is 4.61. The van der Waals surface area contributed by atoms with E-state index >= 15 is 0 Å². The monoisotopic (exact) mass is 238 g/mol. The van der Waals surface area contributed by atoms with Crippen molar-refractivity contribution < 1.29 is 0 Å². The first-order chi connectivity index (χ1) is 8.27. The lowest BCUT2D eigenvalue weighted by Gasteiger charge is -2.17. The summed E-state index contributed by atoms with van der Waals surface area (Å²) in [6, 6.07) is 0.541. The molecular weight excluding hydrogens is 212 g/mol. The van der Waals surface area contributed by atoms with Crippen molar-refractivity contribution in [1.82, 2.24) is 20.1 Å². The Bertz CT molecular complexity index is 295. The number of unbranched alkanes of at least 4 members (excludes halogenated alkanes) is 3. The van der Waals surface area contributed by atoms with Crippen molar-refractivity contribution in [3.63, 3.8) is 0 Å². The molecule has 1 heterocycles. The predicted octanol–water partition coefficient (Wildman–Crippen LogP) is 2.31. The third kappa shape index (κ3) is 5.31. The van der Waals surface area contributed by atoms with E-state index in [1.54, 1.807) is 6.33 Å². The molecule has 17 heavy (non-hydrogen) atoms. The van der Waals surface area contributed by atoms with Crippen molar-refractivity contribution in [1.29, 1.82) is 0 Å². The SMILES string of the molecule is CCCCCCC(Cc1ncnn1C)NCC. The van der Waals surface area contributed by atoms with Crippen molar-refractivity contribution in [3.05, 3.63) is 12.2 Å². The van der Waals surface area contributed by atoms with Crippen LogP contribution >= 0.6 is 0 Å². The van der Waals surface area contributed by atoms with Crippen molar-refractivity contribution in [3.8, 4) is 0 Å². The Morgan fingerprint density at radius 2 is 2.12 bits per heavy atom. The van der Waals surface area contributed by atoms with Gasteiger partial charge in [0.25, 0.3) is 0 Å². The first-order valence-corrected chi connectivity index (χ1v) is 6.84. The molecular formula is C13H26N4. The zero-order chi connectivity index (χ0) is 12.5. The van der Waals surface area contributed by atoms with E-state index in [1.165, 1.54) is 32.1 Å². The normalized spacial score (nSPS) is 12.9. The van der Waals surface area contributed by atoms with Gasteiger partial charge >= 0.3 is 0 Å². The Hall–Kier alpha value is -0.900. The summed E-state index contributed by atoms with van der Waals surface area (Å²) in [7, 11) is 1.96. The topological polar surface area (TPSA) is 42.7 Å². The number of likely N-dealkylation sites (N-methyl/N-ethyl adjacent to an activating group) is 1. The van der Waals surface area contributed by atoms with Gasteiger partial charge in [0.15, 0.2) is 0 Å². The van der Waals surface area contributed by atoms with Crippen molar-refractivity contribution >= 4 is 0 Å². The lowest BCUT2D eigenvalue weighted by Crippen LogP contribution is -2.31. The van der Waals surface area contributed by atoms with Gasteiger partial charge in [0.2, 0.25) is 0 Å². The van der Waals surface area contributed by atoms with Gasteiger partial charge in [0.1, 0.15) is 12.2 Å². The minimum absolute atomic E-state index is 0.541. The second-order valence-electron chi connectivity index (χ2n) is 4.61. The van der Waals surface area contributed by atoms with Crippen molar-refractivity contribution in [2.75, 3.05) is 6.54 Å². The maximum absolute atomic E-state index is 4.29. The Morgan fingerprint density at radius 3 is 2.71 bits per heavy atom. The minimum atomic E-state index is 0.541. The van der Waals surface area contributed by atoms with Gasteiger partial charge in [-0.2, -0.15) is 5.10 Å². The highest BCUT2D eigenvalue weighted by atomic mass is 15.3. The van der Waals surface area contributed by atoms with Crippen LogP contribution in [0.2, 0.25) is 0 Å². The van der Waals surface area contributed by atoms with Crippen LogP contribution in [0.1, 0.15) is 51.8 Å². The van der Waals surface area contributed by atoms with E-state index in [2.05, 4.69) is 29.2 Å². The van der Waals surface area contributed by atoms with Crippen LogP contribution in [0.25, 0.3) is 0 Å².